The lowest BCUT2D eigenvalue weighted by atomic mass is 10.2. The summed E-state index contributed by atoms with van der Waals surface area (Å²) >= 11 is 3.44. The topological polar surface area (TPSA) is 44.5 Å². The third-order valence-electron chi connectivity index (χ3n) is 1.95. The summed E-state index contributed by atoms with van der Waals surface area (Å²) in [5.41, 5.74) is 6.59. The molecule has 1 aromatic rings. The largest absolute Gasteiger partial charge is 0.486 e. The second-order valence-electron chi connectivity index (χ2n) is 2.77. The number of rotatable bonds is 1. The molecule has 0 saturated carbocycles. The van der Waals surface area contributed by atoms with E-state index in [1.165, 1.54) is 0 Å². The number of benzene rings is 1. The number of nitrogens with two attached hydrogens (primary N) is 1. The van der Waals surface area contributed by atoms with E-state index in [2.05, 4.69) is 15.9 Å². The fraction of sp³-hybridized carbons (Fsp3) is 0.333. The van der Waals surface area contributed by atoms with Gasteiger partial charge >= 0.3 is 0 Å². The van der Waals surface area contributed by atoms with Crippen LogP contribution in [0.2, 0.25) is 0 Å². The first-order chi connectivity index (χ1) is 6.33. The highest BCUT2D eigenvalue weighted by molar-refractivity contribution is 9.10. The van der Waals surface area contributed by atoms with Crippen LogP contribution in [-0.2, 0) is 6.54 Å². The van der Waals surface area contributed by atoms with Crippen LogP contribution in [0.25, 0.3) is 0 Å². The van der Waals surface area contributed by atoms with Gasteiger partial charge in [-0.3, -0.25) is 0 Å². The molecule has 0 fully saturated rings. The molecule has 70 valence electrons. The smallest absolute Gasteiger partial charge is 0.175 e. The van der Waals surface area contributed by atoms with E-state index in [1.807, 2.05) is 12.1 Å². The minimum atomic E-state index is 0.497. The van der Waals surface area contributed by atoms with Crippen LogP contribution in [-0.4, -0.2) is 13.2 Å². The van der Waals surface area contributed by atoms with Gasteiger partial charge in [0, 0.05) is 6.54 Å². The molecule has 0 spiro atoms. The van der Waals surface area contributed by atoms with Crippen LogP contribution in [0.4, 0.5) is 0 Å². The molecule has 0 bridgehead atoms. The fourth-order valence-corrected chi connectivity index (χ4v) is 1.88. The van der Waals surface area contributed by atoms with Crippen LogP contribution < -0.4 is 15.2 Å². The molecule has 2 N–H and O–H groups in total. The number of ether oxygens (including phenoxy) is 2. The van der Waals surface area contributed by atoms with Crippen molar-refractivity contribution >= 4 is 15.9 Å². The molecule has 13 heavy (non-hydrogen) atoms. The Bertz CT molecular complexity index is 328. The molecule has 0 aromatic heterocycles. The van der Waals surface area contributed by atoms with Gasteiger partial charge in [-0.05, 0) is 27.6 Å². The monoisotopic (exact) mass is 243 g/mol. The van der Waals surface area contributed by atoms with Gasteiger partial charge in [-0.15, -0.1) is 0 Å². The molecule has 0 radical (unpaired) electrons. The van der Waals surface area contributed by atoms with Gasteiger partial charge in [-0.2, -0.15) is 0 Å². The van der Waals surface area contributed by atoms with Crippen LogP contribution in [0.1, 0.15) is 5.56 Å². The van der Waals surface area contributed by atoms with E-state index in [9.17, 15) is 0 Å². The Morgan fingerprint density at radius 2 is 2.08 bits per heavy atom. The average molecular weight is 244 g/mol. The molecular formula is C9H10BrNO2. The molecule has 1 heterocycles. The minimum absolute atomic E-state index is 0.497. The molecule has 3 nitrogen and oxygen atoms in total. The molecule has 0 atom stereocenters. The summed E-state index contributed by atoms with van der Waals surface area (Å²) in [7, 11) is 0. The molecule has 0 saturated heterocycles. The summed E-state index contributed by atoms with van der Waals surface area (Å²) in [6, 6.07) is 3.83. The third kappa shape index (κ3) is 1.51. The van der Waals surface area contributed by atoms with Crippen molar-refractivity contribution in [1.82, 2.24) is 0 Å². The van der Waals surface area contributed by atoms with Crippen molar-refractivity contribution in [2.45, 2.75) is 6.54 Å². The highest BCUT2D eigenvalue weighted by atomic mass is 79.9. The Hall–Kier alpha value is -0.740. The molecule has 0 aliphatic carbocycles. The SMILES string of the molecule is NCc1ccc2c(c1Br)OCCO2. The lowest BCUT2D eigenvalue weighted by Crippen LogP contribution is -2.16. The predicted molar refractivity (Wildman–Crippen MR) is 53.0 cm³/mol. The van der Waals surface area contributed by atoms with Crippen LogP contribution in [0, 0.1) is 0 Å². The molecule has 1 aliphatic rings. The maximum Gasteiger partial charge on any atom is 0.175 e. The van der Waals surface area contributed by atoms with Crippen LogP contribution >= 0.6 is 15.9 Å². The van der Waals surface area contributed by atoms with Gasteiger partial charge in [0.15, 0.2) is 11.5 Å². The average Bonchev–Trinajstić information content (AvgIpc) is 2.19. The van der Waals surface area contributed by atoms with Crippen LogP contribution in [0.15, 0.2) is 16.6 Å². The Morgan fingerprint density at radius 3 is 2.85 bits per heavy atom. The van der Waals surface area contributed by atoms with E-state index in [4.69, 9.17) is 15.2 Å². The molecule has 0 amide bonds. The maximum absolute atomic E-state index is 5.56. The summed E-state index contributed by atoms with van der Waals surface area (Å²) in [5.74, 6) is 1.56. The molecule has 0 unspecified atom stereocenters. The van der Waals surface area contributed by atoms with Gasteiger partial charge in [0.1, 0.15) is 13.2 Å². The second kappa shape index (κ2) is 3.55. The zero-order valence-corrected chi connectivity index (χ0v) is 8.63. The highest BCUT2D eigenvalue weighted by Gasteiger charge is 2.16. The molecule has 2 rings (SSSR count). The molecule has 1 aromatic carbocycles. The quantitative estimate of drug-likeness (QED) is 0.817. The lowest BCUT2D eigenvalue weighted by molar-refractivity contribution is 0.170. The highest BCUT2D eigenvalue weighted by Crippen LogP contribution is 2.39. The predicted octanol–water partition coefficient (Wildman–Crippen LogP) is 1.68. The Labute approximate surface area is 85.0 Å². The number of halogens is 1. The zero-order valence-electron chi connectivity index (χ0n) is 7.05. The van der Waals surface area contributed by atoms with E-state index in [0.717, 1.165) is 21.5 Å². The van der Waals surface area contributed by atoms with Crippen molar-refractivity contribution in [3.63, 3.8) is 0 Å². The fourth-order valence-electron chi connectivity index (χ4n) is 1.28. The van der Waals surface area contributed by atoms with Crippen molar-refractivity contribution < 1.29 is 9.47 Å². The van der Waals surface area contributed by atoms with Gasteiger partial charge in [-0.25, -0.2) is 0 Å². The number of hydrogen-bond acceptors (Lipinski definition) is 3. The molecule has 4 heteroatoms. The van der Waals surface area contributed by atoms with Gasteiger partial charge in [0.05, 0.1) is 4.47 Å². The summed E-state index contributed by atoms with van der Waals surface area (Å²) in [6.45, 7) is 1.71. The van der Waals surface area contributed by atoms with E-state index in [0.29, 0.717) is 19.8 Å². The first-order valence-corrected chi connectivity index (χ1v) is 4.89. The Balaban J connectivity index is 2.48. The van der Waals surface area contributed by atoms with Crippen molar-refractivity contribution in [3.8, 4) is 11.5 Å². The van der Waals surface area contributed by atoms with Crippen molar-refractivity contribution in [1.29, 1.82) is 0 Å². The van der Waals surface area contributed by atoms with E-state index in [1.54, 1.807) is 0 Å². The number of hydrogen-bond donors (Lipinski definition) is 1. The molecular weight excluding hydrogens is 234 g/mol. The summed E-state index contributed by atoms with van der Waals surface area (Å²) in [4.78, 5) is 0. The van der Waals surface area contributed by atoms with Crippen molar-refractivity contribution in [3.05, 3.63) is 22.2 Å². The van der Waals surface area contributed by atoms with Gasteiger partial charge in [-0.1, -0.05) is 6.07 Å². The first kappa shape index (κ1) is 8.84. The summed E-state index contributed by atoms with van der Waals surface area (Å²) in [5, 5.41) is 0. The number of fused-ring (bicyclic) bond motifs is 1. The Kier molecular flexibility index (Phi) is 2.42. The third-order valence-corrected chi connectivity index (χ3v) is 2.82. The molecule has 1 aliphatic heterocycles. The van der Waals surface area contributed by atoms with Crippen LogP contribution in [0.3, 0.4) is 0 Å². The lowest BCUT2D eigenvalue weighted by Gasteiger charge is -2.20. The maximum atomic E-state index is 5.56. The van der Waals surface area contributed by atoms with Gasteiger partial charge in [0.2, 0.25) is 0 Å². The zero-order chi connectivity index (χ0) is 9.26. The standard InChI is InChI=1S/C9H10BrNO2/c10-8-6(5-11)1-2-7-9(8)13-4-3-12-7/h1-2H,3-5,11H2. The normalized spacial score (nSPS) is 14.3. The minimum Gasteiger partial charge on any atom is -0.486 e. The first-order valence-electron chi connectivity index (χ1n) is 4.10. The van der Waals surface area contributed by atoms with Gasteiger partial charge < -0.3 is 15.2 Å². The summed E-state index contributed by atoms with van der Waals surface area (Å²) in [6.07, 6.45) is 0. The van der Waals surface area contributed by atoms with E-state index in [-0.39, 0.29) is 0 Å². The Morgan fingerprint density at radius 1 is 1.31 bits per heavy atom. The van der Waals surface area contributed by atoms with E-state index < -0.39 is 0 Å². The van der Waals surface area contributed by atoms with Crippen LogP contribution in [0.5, 0.6) is 11.5 Å². The van der Waals surface area contributed by atoms with E-state index >= 15 is 0 Å². The van der Waals surface area contributed by atoms with Gasteiger partial charge in [0.25, 0.3) is 0 Å². The second-order valence-corrected chi connectivity index (χ2v) is 3.56. The van der Waals surface area contributed by atoms with Crippen molar-refractivity contribution in [2.24, 2.45) is 5.73 Å². The van der Waals surface area contributed by atoms with Crippen molar-refractivity contribution in [2.75, 3.05) is 13.2 Å². The summed E-state index contributed by atoms with van der Waals surface area (Å²) < 4.78 is 11.8.